The molecule has 3 rings (SSSR count). The van der Waals surface area contributed by atoms with Gasteiger partial charge in [-0.15, -0.1) is 0 Å². The van der Waals surface area contributed by atoms with Crippen molar-refractivity contribution in [1.82, 2.24) is 15.3 Å². The predicted octanol–water partition coefficient (Wildman–Crippen LogP) is 4.11. The van der Waals surface area contributed by atoms with E-state index in [2.05, 4.69) is 15.3 Å². The minimum Gasteiger partial charge on any atom is -0.444 e. The van der Waals surface area contributed by atoms with Gasteiger partial charge in [0, 0.05) is 23.8 Å². The number of nitrogens with one attached hydrogen (secondary N) is 2. The molecule has 2 aromatic carbocycles. The zero-order chi connectivity index (χ0) is 21.7. The van der Waals surface area contributed by atoms with Crippen molar-refractivity contribution in [2.45, 2.75) is 32.9 Å². The highest BCUT2D eigenvalue weighted by Gasteiger charge is 2.16. The van der Waals surface area contributed by atoms with Crippen LogP contribution in [0.25, 0.3) is 10.9 Å². The summed E-state index contributed by atoms with van der Waals surface area (Å²) < 4.78 is 5.28. The molecule has 0 spiro atoms. The van der Waals surface area contributed by atoms with Crippen molar-refractivity contribution in [3.63, 3.8) is 0 Å². The fraction of sp³-hybridized carbons (Fsp3) is 0.318. The lowest BCUT2D eigenvalue weighted by atomic mass is 10.2. The number of fused-ring (bicyclic) bond motifs is 1. The number of rotatable bonds is 6. The van der Waals surface area contributed by atoms with E-state index in [1.165, 1.54) is 0 Å². The Hall–Kier alpha value is -3.06. The number of aromatic amines is 1. The lowest BCUT2D eigenvalue weighted by Crippen LogP contribution is -2.38. The van der Waals surface area contributed by atoms with E-state index in [9.17, 15) is 9.59 Å². The van der Waals surface area contributed by atoms with Gasteiger partial charge in [-0.3, -0.25) is 4.79 Å². The molecule has 0 fully saturated rings. The molecule has 7 nitrogen and oxygen atoms in total. The minimum atomic E-state index is -0.555. The lowest BCUT2D eigenvalue weighted by molar-refractivity contribution is 0.0529. The molecule has 1 aromatic heterocycles. The van der Waals surface area contributed by atoms with Crippen LogP contribution >= 0.6 is 11.6 Å². The first-order chi connectivity index (χ1) is 14.2. The second-order valence-corrected chi connectivity index (χ2v) is 8.30. The Balaban J connectivity index is 1.77. The molecule has 1 heterocycles. The van der Waals surface area contributed by atoms with Crippen LogP contribution < -0.4 is 15.8 Å². The quantitative estimate of drug-likeness (QED) is 0.617. The Morgan fingerprint density at radius 1 is 1.20 bits per heavy atom. The maximum absolute atomic E-state index is 12.5. The molecular formula is C22H25ClN4O3. The summed E-state index contributed by atoms with van der Waals surface area (Å²) >= 11 is 5.98. The highest BCUT2D eigenvalue weighted by atomic mass is 35.5. The van der Waals surface area contributed by atoms with Gasteiger partial charge in [-0.2, -0.15) is 0 Å². The molecule has 3 aromatic rings. The van der Waals surface area contributed by atoms with Crippen LogP contribution in [0.5, 0.6) is 0 Å². The number of para-hydroxylation sites is 1. The van der Waals surface area contributed by atoms with Crippen LogP contribution in [0.1, 0.15) is 26.6 Å². The van der Waals surface area contributed by atoms with Crippen LogP contribution in [0, 0.1) is 0 Å². The number of benzene rings is 2. The summed E-state index contributed by atoms with van der Waals surface area (Å²) in [4.78, 5) is 33.8. The van der Waals surface area contributed by atoms with Gasteiger partial charge in [-0.05, 0) is 51.1 Å². The molecule has 0 unspecified atom stereocenters. The van der Waals surface area contributed by atoms with Gasteiger partial charge in [-0.25, -0.2) is 9.78 Å². The first-order valence-electron chi connectivity index (χ1n) is 9.66. The topological polar surface area (TPSA) is 87.3 Å². The van der Waals surface area contributed by atoms with Crippen LogP contribution in [-0.4, -0.2) is 34.8 Å². The third kappa shape index (κ3) is 5.97. The fourth-order valence-electron chi connectivity index (χ4n) is 2.96. The summed E-state index contributed by atoms with van der Waals surface area (Å²) in [6.07, 6.45) is -0.468. The van der Waals surface area contributed by atoms with Crippen molar-refractivity contribution in [1.29, 1.82) is 0 Å². The summed E-state index contributed by atoms with van der Waals surface area (Å²) in [6.45, 7) is 6.70. The van der Waals surface area contributed by atoms with Gasteiger partial charge in [0.15, 0.2) is 0 Å². The number of aromatic nitrogens is 2. The summed E-state index contributed by atoms with van der Waals surface area (Å²) in [7, 11) is 0. The number of nitrogens with zero attached hydrogens (tertiary/aromatic N) is 2. The first kappa shape index (κ1) is 21.6. The van der Waals surface area contributed by atoms with E-state index in [1.807, 2.05) is 56.0 Å². The van der Waals surface area contributed by atoms with Gasteiger partial charge in [0.1, 0.15) is 11.4 Å². The van der Waals surface area contributed by atoms with E-state index in [0.29, 0.717) is 41.4 Å². The van der Waals surface area contributed by atoms with Gasteiger partial charge in [-0.1, -0.05) is 29.8 Å². The molecule has 0 saturated heterocycles. The number of halogens is 1. The van der Waals surface area contributed by atoms with E-state index in [1.54, 1.807) is 18.2 Å². The van der Waals surface area contributed by atoms with Gasteiger partial charge in [0.25, 0.3) is 5.56 Å². The number of alkyl carbamates (subject to hydrolysis) is 1. The van der Waals surface area contributed by atoms with Crippen LogP contribution in [-0.2, 0) is 11.3 Å². The number of anilines is 1. The third-order valence-electron chi connectivity index (χ3n) is 4.23. The lowest BCUT2D eigenvalue weighted by Gasteiger charge is -2.25. The maximum atomic E-state index is 12.5. The smallest absolute Gasteiger partial charge is 0.407 e. The van der Waals surface area contributed by atoms with Gasteiger partial charge < -0.3 is 19.9 Å². The van der Waals surface area contributed by atoms with Crippen LogP contribution in [0.2, 0.25) is 5.02 Å². The van der Waals surface area contributed by atoms with Gasteiger partial charge in [0.05, 0.1) is 17.4 Å². The summed E-state index contributed by atoms with van der Waals surface area (Å²) in [5.74, 6) is 0.524. The van der Waals surface area contributed by atoms with E-state index in [4.69, 9.17) is 16.3 Å². The average molecular weight is 429 g/mol. The monoisotopic (exact) mass is 428 g/mol. The Bertz CT molecular complexity index is 1080. The van der Waals surface area contributed by atoms with Crippen molar-refractivity contribution < 1.29 is 9.53 Å². The number of carbonyl (C=O) groups excluding carboxylic acids is 1. The van der Waals surface area contributed by atoms with Crippen LogP contribution in [0.15, 0.2) is 53.3 Å². The molecule has 0 aliphatic carbocycles. The van der Waals surface area contributed by atoms with E-state index >= 15 is 0 Å². The normalized spacial score (nSPS) is 11.3. The largest absolute Gasteiger partial charge is 0.444 e. The van der Waals surface area contributed by atoms with E-state index in [0.717, 1.165) is 5.69 Å². The Morgan fingerprint density at radius 3 is 2.63 bits per heavy atom. The molecule has 2 N–H and O–H groups in total. The molecule has 30 heavy (non-hydrogen) atoms. The summed E-state index contributed by atoms with van der Waals surface area (Å²) in [5.41, 5.74) is 0.735. The van der Waals surface area contributed by atoms with Gasteiger partial charge >= 0.3 is 6.09 Å². The zero-order valence-corrected chi connectivity index (χ0v) is 18.0. The number of amides is 1. The molecule has 1 amide bonds. The number of hydrogen-bond acceptors (Lipinski definition) is 5. The van der Waals surface area contributed by atoms with Crippen molar-refractivity contribution >= 4 is 34.3 Å². The number of hydrogen-bond donors (Lipinski definition) is 2. The molecule has 0 bridgehead atoms. The van der Waals surface area contributed by atoms with Gasteiger partial charge in [0.2, 0.25) is 0 Å². The highest BCUT2D eigenvalue weighted by Crippen LogP contribution is 2.17. The average Bonchev–Trinajstić information content (AvgIpc) is 2.67. The first-order valence-corrected chi connectivity index (χ1v) is 10.0. The molecule has 0 radical (unpaired) electrons. The molecular weight excluding hydrogens is 404 g/mol. The predicted molar refractivity (Wildman–Crippen MR) is 119 cm³/mol. The summed E-state index contributed by atoms with van der Waals surface area (Å²) in [6, 6.07) is 14.8. The Labute approximate surface area is 180 Å². The fourth-order valence-corrected chi connectivity index (χ4v) is 3.13. The van der Waals surface area contributed by atoms with Crippen molar-refractivity contribution in [3.05, 3.63) is 69.7 Å². The standard InChI is InChI=1S/C22H25ClN4O3/c1-22(2,3)30-21(29)24-11-12-27(16-7-5-4-6-8-16)14-19-25-18-10-9-15(23)13-17(18)20(28)26-19/h4-10,13H,11-12,14H2,1-3H3,(H,24,29)(H,25,26,28). The molecule has 0 aliphatic heterocycles. The third-order valence-corrected chi connectivity index (χ3v) is 4.46. The highest BCUT2D eigenvalue weighted by molar-refractivity contribution is 6.31. The second-order valence-electron chi connectivity index (χ2n) is 7.86. The second kappa shape index (κ2) is 9.17. The number of ether oxygens (including phenoxy) is 1. The van der Waals surface area contributed by atoms with E-state index < -0.39 is 11.7 Å². The molecule has 0 aliphatic rings. The number of H-pyrrole nitrogens is 1. The molecule has 0 atom stereocenters. The molecule has 8 heteroatoms. The zero-order valence-electron chi connectivity index (χ0n) is 17.2. The Kier molecular flexibility index (Phi) is 6.62. The molecule has 158 valence electrons. The number of carbonyl (C=O) groups is 1. The van der Waals surface area contributed by atoms with Crippen LogP contribution in [0.4, 0.5) is 10.5 Å². The van der Waals surface area contributed by atoms with Crippen molar-refractivity contribution in [2.75, 3.05) is 18.0 Å². The Morgan fingerprint density at radius 2 is 1.93 bits per heavy atom. The van der Waals surface area contributed by atoms with E-state index in [-0.39, 0.29) is 5.56 Å². The summed E-state index contributed by atoms with van der Waals surface area (Å²) in [5, 5.41) is 3.70. The SMILES string of the molecule is CC(C)(C)OC(=O)NCCN(Cc1nc2ccc(Cl)cc2c(=O)[nH]1)c1ccccc1. The van der Waals surface area contributed by atoms with Crippen molar-refractivity contribution in [2.24, 2.45) is 0 Å². The van der Waals surface area contributed by atoms with Crippen LogP contribution in [0.3, 0.4) is 0 Å². The maximum Gasteiger partial charge on any atom is 0.407 e. The minimum absolute atomic E-state index is 0.239. The molecule has 0 saturated carbocycles. The van der Waals surface area contributed by atoms with Crippen molar-refractivity contribution in [3.8, 4) is 0 Å².